The summed E-state index contributed by atoms with van der Waals surface area (Å²) in [4.78, 5) is 50.3. The normalized spacial score (nSPS) is 16.8. The summed E-state index contributed by atoms with van der Waals surface area (Å²) in [6.07, 6.45) is 9.80. The molecule has 0 atom stereocenters. The van der Waals surface area contributed by atoms with Crippen molar-refractivity contribution in [2.45, 2.75) is 70.3 Å². The van der Waals surface area contributed by atoms with Crippen LogP contribution in [0.1, 0.15) is 85.7 Å². The molecule has 0 spiro atoms. The van der Waals surface area contributed by atoms with E-state index in [1.807, 2.05) is 0 Å². The summed E-state index contributed by atoms with van der Waals surface area (Å²) in [5.74, 6) is -1.36. The van der Waals surface area contributed by atoms with Crippen molar-refractivity contribution >= 4 is 24.2 Å². The lowest BCUT2D eigenvalue weighted by molar-refractivity contribution is -0.140. The lowest BCUT2D eigenvalue weighted by Crippen LogP contribution is -2.24. The van der Waals surface area contributed by atoms with Crippen LogP contribution >= 0.6 is 0 Å². The molecule has 0 aromatic heterocycles. The van der Waals surface area contributed by atoms with Gasteiger partial charge in [-0.15, -0.1) is 0 Å². The number of rotatable bonds is 7. The van der Waals surface area contributed by atoms with Gasteiger partial charge in [-0.3, -0.25) is 14.4 Å². The second-order valence-electron chi connectivity index (χ2n) is 9.10. The highest BCUT2D eigenvalue weighted by Gasteiger charge is 2.28. The van der Waals surface area contributed by atoms with Crippen LogP contribution < -0.4 is 9.47 Å². The molecule has 0 unspecified atom stereocenters. The molecule has 7 heteroatoms. The maximum Gasteiger partial charge on any atom is 0.514 e. The van der Waals surface area contributed by atoms with Crippen LogP contribution in [0, 0.1) is 5.92 Å². The number of hydrogen-bond donors (Lipinski definition) is 0. The molecule has 0 aliphatic heterocycles. The Balaban J connectivity index is 1.56. The molecule has 2 aromatic carbocycles. The van der Waals surface area contributed by atoms with Crippen LogP contribution in [0.15, 0.2) is 42.5 Å². The molecule has 0 bridgehead atoms. The number of para-hydroxylation sites is 2. The molecule has 2 aliphatic carbocycles. The van der Waals surface area contributed by atoms with Crippen molar-refractivity contribution in [1.82, 2.24) is 0 Å². The van der Waals surface area contributed by atoms with E-state index in [1.165, 1.54) is 30.3 Å². The predicted molar refractivity (Wildman–Crippen MR) is 127 cm³/mol. The molecule has 35 heavy (non-hydrogen) atoms. The number of hydrogen-bond acceptors (Lipinski definition) is 7. The Morgan fingerprint density at radius 1 is 0.743 bits per heavy atom. The van der Waals surface area contributed by atoms with Gasteiger partial charge in [-0.05, 0) is 62.8 Å². The van der Waals surface area contributed by atoms with Gasteiger partial charge in [0.2, 0.25) is 12.1 Å². The second-order valence-corrected chi connectivity index (χ2v) is 9.10. The molecular formula is C28H29O7. The third-order valence-electron chi connectivity index (χ3n) is 6.65. The van der Waals surface area contributed by atoms with Gasteiger partial charge < -0.3 is 14.2 Å². The molecular weight excluding hydrogens is 448 g/mol. The van der Waals surface area contributed by atoms with Crippen molar-refractivity contribution in [3.05, 3.63) is 59.2 Å². The van der Waals surface area contributed by atoms with E-state index in [0.717, 1.165) is 64.2 Å². The number of esters is 1. The third-order valence-corrected chi connectivity index (χ3v) is 6.65. The van der Waals surface area contributed by atoms with Crippen LogP contribution in [-0.2, 0) is 14.3 Å². The van der Waals surface area contributed by atoms with Crippen molar-refractivity contribution in [1.29, 1.82) is 0 Å². The topological polar surface area (TPSA) is 96.0 Å². The molecule has 4 rings (SSSR count). The van der Waals surface area contributed by atoms with Gasteiger partial charge in [0.25, 0.3) is 0 Å². The van der Waals surface area contributed by atoms with Gasteiger partial charge in [-0.25, -0.2) is 4.79 Å². The minimum atomic E-state index is -0.865. The Morgan fingerprint density at radius 2 is 1.40 bits per heavy atom. The van der Waals surface area contributed by atoms with Crippen LogP contribution in [-0.4, -0.2) is 30.3 Å². The lowest BCUT2D eigenvalue weighted by Gasteiger charge is -2.22. The summed E-state index contributed by atoms with van der Waals surface area (Å²) in [5.41, 5.74) is 0.0907. The predicted octanol–water partition coefficient (Wildman–Crippen LogP) is 5.71. The summed E-state index contributed by atoms with van der Waals surface area (Å²) in [6, 6.07) is 10.7. The zero-order valence-corrected chi connectivity index (χ0v) is 19.6. The van der Waals surface area contributed by atoms with Crippen molar-refractivity contribution in [2.75, 3.05) is 0 Å². The number of benzene rings is 2. The Labute approximate surface area is 204 Å². The minimum Gasteiger partial charge on any atom is -0.431 e. The molecule has 1 radical (unpaired) electrons. The van der Waals surface area contributed by atoms with E-state index < -0.39 is 17.9 Å². The van der Waals surface area contributed by atoms with Crippen molar-refractivity contribution in [2.24, 2.45) is 5.92 Å². The molecule has 2 aromatic rings. The second kappa shape index (κ2) is 11.8. The highest BCUT2D eigenvalue weighted by Crippen LogP contribution is 2.32. The zero-order valence-electron chi connectivity index (χ0n) is 19.6. The first-order valence-corrected chi connectivity index (χ1v) is 12.3. The van der Waals surface area contributed by atoms with E-state index in [4.69, 9.17) is 14.2 Å². The van der Waals surface area contributed by atoms with Crippen LogP contribution in [0.2, 0.25) is 0 Å². The van der Waals surface area contributed by atoms with E-state index in [2.05, 4.69) is 0 Å². The number of carbonyl (C=O) groups excluding carboxylic acids is 4. The smallest absolute Gasteiger partial charge is 0.431 e. The van der Waals surface area contributed by atoms with E-state index in [1.54, 1.807) is 18.4 Å². The monoisotopic (exact) mass is 477 g/mol. The van der Waals surface area contributed by atoms with Gasteiger partial charge in [0.1, 0.15) is 11.9 Å². The Hall–Kier alpha value is -3.48. The molecule has 0 saturated heterocycles. The highest BCUT2D eigenvalue weighted by atomic mass is 16.7. The summed E-state index contributed by atoms with van der Waals surface area (Å²) < 4.78 is 16.4. The fourth-order valence-corrected chi connectivity index (χ4v) is 4.75. The van der Waals surface area contributed by atoms with Crippen LogP contribution in [0.4, 0.5) is 4.79 Å². The maximum atomic E-state index is 13.5. The average Bonchev–Trinajstić information content (AvgIpc) is 2.89. The van der Waals surface area contributed by atoms with Gasteiger partial charge >= 0.3 is 12.1 Å². The third kappa shape index (κ3) is 6.15. The Kier molecular flexibility index (Phi) is 8.29. The first-order valence-electron chi connectivity index (χ1n) is 12.3. The standard InChI is InChI=1S/C28H29O7/c29-18-20-12-9-16-23(26(20)35-27(31)19-10-3-1-4-11-19)25(30)22-15-7-8-17-24(22)34-28(32)33-21-13-5-2-6-14-21/h7-9,12,15-17,19,21H,1-6,10-11,13-14H2. The minimum absolute atomic E-state index is 0.0184. The highest BCUT2D eigenvalue weighted by molar-refractivity contribution is 6.13. The van der Waals surface area contributed by atoms with Crippen molar-refractivity contribution in [3.8, 4) is 11.5 Å². The van der Waals surface area contributed by atoms with Gasteiger partial charge in [-0.1, -0.05) is 43.9 Å². The van der Waals surface area contributed by atoms with E-state index >= 15 is 0 Å². The van der Waals surface area contributed by atoms with E-state index in [0.29, 0.717) is 0 Å². The van der Waals surface area contributed by atoms with E-state index in [9.17, 15) is 19.2 Å². The molecule has 2 fully saturated rings. The quantitative estimate of drug-likeness (QED) is 0.218. The molecule has 7 nitrogen and oxygen atoms in total. The van der Waals surface area contributed by atoms with Crippen molar-refractivity contribution in [3.63, 3.8) is 0 Å². The first-order chi connectivity index (χ1) is 17.1. The SMILES string of the molecule is O=[C]c1cccc(C(=O)c2ccccc2OC(=O)OC2CCCCC2)c1OC(=O)C1CCCCC1. The molecule has 0 heterocycles. The van der Waals surface area contributed by atoms with Gasteiger partial charge in [0.15, 0.2) is 5.75 Å². The van der Waals surface area contributed by atoms with E-state index in [-0.39, 0.29) is 40.2 Å². The van der Waals surface area contributed by atoms with Crippen LogP contribution in [0.3, 0.4) is 0 Å². The first kappa shape index (κ1) is 24.6. The molecule has 2 saturated carbocycles. The number of ketones is 1. The number of carbonyl (C=O) groups is 3. The van der Waals surface area contributed by atoms with Crippen LogP contribution in [0.25, 0.3) is 0 Å². The fraction of sp³-hybridized carbons (Fsp3) is 0.429. The summed E-state index contributed by atoms with van der Waals surface area (Å²) in [6.45, 7) is 0. The Morgan fingerprint density at radius 3 is 2.11 bits per heavy atom. The largest absolute Gasteiger partial charge is 0.514 e. The summed E-state index contributed by atoms with van der Waals surface area (Å²) >= 11 is 0. The molecule has 2 aliphatic rings. The Bertz CT molecular complexity index is 1080. The fourth-order valence-electron chi connectivity index (χ4n) is 4.75. The lowest BCUT2D eigenvalue weighted by atomic mass is 9.89. The van der Waals surface area contributed by atoms with Gasteiger partial charge in [0, 0.05) is 0 Å². The summed E-state index contributed by atoms with van der Waals surface area (Å²) in [7, 11) is 0. The average molecular weight is 478 g/mol. The van der Waals surface area contributed by atoms with Gasteiger partial charge in [-0.2, -0.15) is 0 Å². The maximum absolute atomic E-state index is 13.5. The van der Waals surface area contributed by atoms with Crippen LogP contribution in [0.5, 0.6) is 11.5 Å². The molecule has 0 N–H and O–H groups in total. The molecule has 183 valence electrons. The molecule has 0 amide bonds. The van der Waals surface area contributed by atoms with Crippen molar-refractivity contribution < 1.29 is 33.4 Å². The number of ether oxygens (including phenoxy) is 3. The summed E-state index contributed by atoms with van der Waals surface area (Å²) in [5, 5.41) is 0. The zero-order chi connectivity index (χ0) is 24.6. The van der Waals surface area contributed by atoms with Gasteiger partial charge in [0.05, 0.1) is 22.6 Å².